The number of methoxy groups -OCH3 is 2. The number of hydrogen-bond acceptors (Lipinski definition) is 3. The molecule has 116 valence electrons. The molecular formula is C17H20N2O3. The summed E-state index contributed by atoms with van der Waals surface area (Å²) in [7, 11) is 3.12. The molecule has 0 aliphatic carbocycles. The van der Waals surface area contributed by atoms with Gasteiger partial charge >= 0.3 is 6.03 Å². The summed E-state index contributed by atoms with van der Waals surface area (Å²) in [6.45, 7) is 3.97. The number of anilines is 2. The van der Waals surface area contributed by atoms with Gasteiger partial charge in [-0.25, -0.2) is 4.79 Å². The fourth-order valence-electron chi connectivity index (χ4n) is 2.15. The third kappa shape index (κ3) is 3.69. The van der Waals surface area contributed by atoms with Crippen molar-refractivity contribution in [3.63, 3.8) is 0 Å². The Hall–Kier alpha value is -2.69. The van der Waals surface area contributed by atoms with Gasteiger partial charge in [0.1, 0.15) is 0 Å². The first kappa shape index (κ1) is 15.7. The minimum atomic E-state index is -0.306. The minimum absolute atomic E-state index is 0.306. The molecule has 0 saturated carbocycles. The van der Waals surface area contributed by atoms with E-state index >= 15 is 0 Å². The van der Waals surface area contributed by atoms with Crippen molar-refractivity contribution in [1.82, 2.24) is 0 Å². The molecule has 5 heteroatoms. The quantitative estimate of drug-likeness (QED) is 0.898. The molecule has 0 fully saturated rings. The summed E-state index contributed by atoms with van der Waals surface area (Å²) in [6, 6.07) is 10.8. The first-order valence-electron chi connectivity index (χ1n) is 6.90. The molecule has 22 heavy (non-hydrogen) atoms. The summed E-state index contributed by atoms with van der Waals surface area (Å²) in [6.07, 6.45) is 0. The van der Waals surface area contributed by atoms with Gasteiger partial charge in [0.05, 0.1) is 14.2 Å². The maximum Gasteiger partial charge on any atom is 0.323 e. The minimum Gasteiger partial charge on any atom is -0.493 e. The Labute approximate surface area is 130 Å². The van der Waals surface area contributed by atoms with Crippen LogP contribution in [0.2, 0.25) is 0 Å². The second kappa shape index (κ2) is 6.85. The van der Waals surface area contributed by atoms with E-state index in [1.165, 1.54) is 0 Å². The molecule has 0 radical (unpaired) electrons. The van der Waals surface area contributed by atoms with Gasteiger partial charge in [-0.15, -0.1) is 0 Å². The second-order valence-corrected chi connectivity index (χ2v) is 4.97. The van der Waals surface area contributed by atoms with Gasteiger partial charge in [0.2, 0.25) is 0 Å². The van der Waals surface area contributed by atoms with Crippen LogP contribution < -0.4 is 20.1 Å². The SMILES string of the molecule is COc1ccc(NC(=O)Nc2ccc(C)cc2C)cc1OC. The third-order valence-electron chi connectivity index (χ3n) is 3.27. The van der Waals surface area contributed by atoms with E-state index in [0.29, 0.717) is 17.2 Å². The monoisotopic (exact) mass is 300 g/mol. The third-order valence-corrected chi connectivity index (χ3v) is 3.27. The summed E-state index contributed by atoms with van der Waals surface area (Å²) in [5.74, 6) is 1.18. The maximum atomic E-state index is 12.1. The number of ether oxygens (including phenoxy) is 2. The second-order valence-electron chi connectivity index (χ2n) is 4.97. The lowest BCUT2D eigenvalue weighted by Crippen LogP contribution is -2.20. The average molecular weight is 300 g/mol. The normalized spacial score (nSPS) is 10.0. The fraction of sp³-hybridized carbons (Fsp3) is 0.235. The summed E-state index contributed by atoms with van der Waals surface area (Å²) in [5.41, 5.74) is 3.58. The van der Waals surface area contributed by atoms with Crippen molar-refractivity contribution < 1.29 is 14.3 Å². The van der Waals surface area contributed by atoms with E-state index in [-0.39, 0.29) is 6.03 Å². The van der Waals surface area contributed by atoms with Crippen LogP contribution in [-0.2, 0) is 0 Å². The summed E-state index contributed by atoms with van der Waals surface area (Å²) < 4.78 is 10.4. The Kier molecular flexibility index (Phi) is 4.88. The number of aryl methyl sites for hydroxylation is 2. The molecule has 2 aromatic rings. The van der Waals surface area contributed by atoms with E-state index in [1.807, 2.05) is 32.0 Å². The van der Waals surface area contributed by atoms with E-state index in [4.69, 9.17) is 9.47 Å². The van der Waals surface area contributed by atoms with Gasteiger partial charge in [-0.2, -0.15) is 0 Å². The zero-order valence-corrected chi connectivity index (χ0v) is 13.2. The van der Waals surface area contributed by atoms with Gasteiger partial charge in [0, 0.05) is 17.4 Å². The Morgan fingerprint density at radius 1 is 0.909 bits per heavy atom. The fourth-order valence-corrected chi connectivity index (χ4v) is 2.15. The zero-order chi connectivity index (χ0) is 16.1. The highest BCUT2D eigenvalue weighted by Crippen LogP contribution is 2.29. The lowest BCUT2D eigenvalue weighted by molar-refractivity contribution is 0.262. The molecule has 0 atom stereocenters. The van der Waals surface area contributed by atoms with Crippen molar-refractivity contribution >= 4 is 17.4 Å². The first-order chi connectivity index (χ1) is 10.5. The van der Waals surface area contributed by atoms with E-state index in [2.05, 4.69) is 10.6 Å². The Morgan fingerprint density at radius 3 is 2.27 bits per heavy atom. The van der Waals surface area contributed by atoms with Crippen molar-refractivity contribution in [1.29, 1.82) is 0 Å². The maximum absolute atomic E-state index is 12.1. The molecule has 0 bridgehead atoms. The van der Waals surface area contributed by atoms with Gasteiger partial charge in [-0.3, -0.25) is 0 Å². The Bertz CT molecular complexity index is 684. The van der Waals surface area contributed by atoms with Crippen LogP contribution >= 0.6 is 0 Å². The molecule has 2 N–H and O–H groups in total. The zero-order valence-electron chi connectivity index (χ0n) is 13.2. The Balaban J connectivity index is 2.08. The highest BCUT2D eigenvalue weighted by Gasteiger charge is 2.08. The number of carbonyl (C=O) groups excluding carboxylic acids is 1. The van der Waals surface area contributed by atoms with Gasteiger partial charge in [-0.05, 0) is 37.6 Å². The molecular weight excluding hydrogens is 280 g/mol. The standard InChI is InChI=1S/C17H20N2O3/c1-11-5-7-14(12(2)9-11)19-17(20)18-13-6-8-15(21-3)16(10-13)22-4/h5-10H,1-4H3,(H2,18,19,20). The molecule has 2 aromatic carbocycles. The molecule has 0 unspecified atom stereocenters. The number of amides is 2. The molecule has 0 aliphatic heterocycles. The van der Waals surface area contributed by atoms with Crippen molar-refractivity contribution in [2.24, 2.45) is 0 Å². The lowest BCUT2D eigenvalue weighted by atomic mass is 10.1. The molecule has 5 nitrogen and oxygen atoms in total. The molecule has 2 amide bonds. The van der Waals surface area contributed by atoms with Crippen LogP contribution in [-0.4, -0.2) is 20.3 Å². The van der Waals surface area contributed by atoms with Crippen molar-refractivity contribution in [3.05, 3.63) is 47.5 Å². The van der Waals surface area contributed by atoms with Crippen molar-refractivity contribution in [2.45, 2.75) is 13.8 Å². The highest BCUT2D eigenvalue weighted by molar-refractivity contribution is 6.00. The Morgan fingerprint density at radius 2 is 1.64 bits per heavy atom. The molecule has 2 rings (SSSR count). The molecule has 0 aliphatic rings. The largest absolute Gasteiger partial charge is 0.493 e. The van der Waals surface area contributed by atoms with E-state index in [0.717, 1.165) is 16.8 Å². The number of rotatable bonds is 4. The van der Waals surface area contributed by atoms with Crippen LogP contribution in [0.3, 0.4) is 0 Å². The number of carbonyl (C=O) groups is 1. The predicted molar refractivity (Wildman–Crippen MR) is 88.1 cm³/mol. The van der Waals surface area contributed by atoms with Crippen LogP contribution in [0.1, 0.15) is 11.1 Å². The molecule has 0 heterocycles. The smallest absolute Gasteiger partial charge is 0.323 e. The lowest BCUT2D eigenvalue weighted by Gasteiger charge is -2.12. The van der Waals surface area contributed by atoms with Gasteiger partial charge in [-0.1, -0.05) is 17.7 Å². The van der Waals surface area contributed by atoms with Crippen LogP contribution in [0.4, 0.5) is 16.2 Å². The van der Waals surface area contributed by atoms with Crippen molar-refractivity contribution in [3.8, 4) is 11.5 Å². The number of nitrogens with one attached hydrogen (secondary N) is 2. The molecule has 0 aromatic heterocycles. The number of hydrogen-bond donors (Lipinski definition) is 2. The summed E-state index contributed by atoms with van der Waals surface area (Å²) in [4.78, 5) is 12.1. The van der Waals surface area contributed by atoms with Crippen LogP contribution in [0, 0.1) is 13.8 Å². The predicted octanol–water partition coefficient (Wildman–Crippen LogP) is 3.96. The molecule has 0 saturated heterocycles. The number of benzene rings is 2. The van der Waals surface area contributed by atoms with Gasteiger partial charge in [0.25, 0.3) is 0 Å². The van der Waals surface area contributed by atoms with Crippen LogP contribution in [0.15, 0.2) is 36.4 Å². The number of urea groups is 1. The average Bonchev–Trinajstić information content (AvgIpc) is 2.50. The van der Waals surface area contributed by atoms with E-state index in [9.17, 15) is 4.79 Å². The highest BCUT2D eigenvalue weighted by atomic mass is 16.5. The molecule has 0 spiro atoms. The summed E-state index contributed by atoms with van der Waals surface area (Å²) >= 11 is 0. The van der Waals surface area contributed by atoms with Crippen LogP contribution in [0.5, 0.6) is 11.5 Å². The first-order valence-corrected chi connectivity index (χ1v) is 6.90. The van der Waals surface area contributed by atoms with E-state index < -0.39 is 0 Å². The summed E-state index contributed by atoms with van der Waals surface area (Å²) in [5, 5.41) is 5.60. The van der Waals surface area contributed by atoms with E-state index in [1.54, 1.807) is 32.4 Å². The topological polar surface area (TPSA) is 59.6 Å². The van der Waals surface area contributed by atoms with Gasteiger partial charge < -0.3 is 20.1 Å². The van der Waals surface area contributed by atoms with Crippen molar-refractivity contribution in [2.75, 3.05) is 24.9 Å². The van der Waals surface area contributed by atoms with Crippen LogP contribution in [0.25, 0.3) is 0 Å². The van der Waals surface area contributed by atoms with Gasteiger partial charge in [0.15, 0.2) is 11.5 Å².